The van der Waals surface area contributed by atoms with Crippen LogP contribution in [0.4, 0.5) is 4.39 Å². The molecule has 3 aromatic rings. The summed E-state index contributed by atoms with van der Waals surface area (Å²) in [6.07, 6.45) is 7.03. The fourth-order valence-corrected chi connectivity index (χ4v) is 5.56. The Hall–Kier alpha value is -4.90. The standard InChI is InChI=1S/C35H34FN3O4/c1-2-33(40)38-19-17-29(18-20-38)43-32-13-11-26(35(31(32)24-37)25-7-4-3-5-8-25)12-14-34(41)39-21-15-28(16-22-39)42-30-10-6-9-27(36)23-30/h2-14,23,28-29H,1,15-22H2/b14-12+. The van der Waals surface area contributed by atoms with E-state index in [1.54, 1.807) is 40.2 Å². The van der Waals surface area contributed by atoms with Gasteiger partial charge in [0.05, 0.1) is 0 Å². The number of ether oxygens (including phenoxy) is 2. The molecule has 2 aliphatic rings. The van der Waals surface area contributed by atoms with Crippen molar-refractivity contribution in [2.75, 3.05) is 26.2 Å². The number of halogens is 1. The molecule has 0 atom stereocenters. The number of hydrogen-bond donors (Lipinski definition) is 0. The van der Waals surface area contributed by atoms with Gasteiger partial charge in [-0.15, -0.1) is 0 Å². The molecule has 0 aliphatic carbocycles. The van der Waals surface area contributed by atoms with Gasteiger partial charge >= 0.3 is 0 Å². The number of nitrogens with zero attached hydrogens (tertiary/aromatic N) is 3. The molecule has 5 rings (SSSR count). The monoisotopic (exact) mass is 579 g/mol. The Bertz CT molecular complexity index is 1530. The molecule has 0 N–H and O–H groups in total. The van der Waals surface area contributed by atoms with Gasteiger partial charge in [0.1, 0.15) is 41.2 Å². The molecule has 0 radical (unpaired) electrons. The van der Waals surface area contributed by atoms with Gasteiger partial charge in [0.25, 0.3) is 0 Å². The number of rotatable bonds is 8. The van der Waals surface area contributed by atoms with Crippen LogP contribution in [-0.2, 0) is 9.59 Å². The van der Waals surface area contributed by atoms with Crippen molar-refractivity contribution in [3.63, 3.8) is 0 Å². The van der Waals surface area contributed by atoms with E-state index in [4.69, 9.17) is 9.47 Å². The number of amides is 2. The molecule has 2 aliphatic heterocycles. The maximum Gasteiger partial charge on any atom is 0.246 e. The predicted molar refractivity (Wildman–Crippen MR) is 163 cm³/mol. The number of carbonyl (C=O) groups is 2. The lowest BCUT2D eigenvalue weighted by molar-refractivity contribution is -0.128. The average Bonchev–Trinajstić information content (AvgIpc) is 3.04. The van der Waals surface area contributed by atoms with Crippen LogP contribution in [0.5, 0.6) is 11.5 Å². The Morgan fingerprint density at radius 1 is 0.860 bits per heavy atom. The summed E-state index contributed by atoms with van der Waals surface area (Å²) in [6.45, 7) is 5.76. The summed E-state index contributed by atoms with van der Waals surface area (Å²) in [6, 6.07) is 21.7. The first-order valence-electron chi connectivity index (χ1n) is 14.5. The van der Waals surface area contributed by atoms with E-state index in [9.17, 15) is 19.2 Å². The molecular formula is C35H34FN3O4. The Morgan fingerprint density at radius 3 is 2.14 bits per heavy atom. The van der Waals surface area contributed by atoms with Crippen molar-refractivity contribution < 1.29 is 23.5 Å². The third kappa shape index (κ3) is 7.31. The minimum Gasteiger partial charge on any atom is -0.490 e. The summed E-state index contributed by atoms with van der Waals surface area (Å²) in [5.74, 6) is 0.426. The first-order chi connectivity index (χ1) is 20.9. The minimum atomic E-state index is -0.341. The fourth-order valence-electron chi connectivity index (χ4n) is 5.56. The second kappa shape index (κ2) is 13.8. The highest BCUT2D eigenvalue weighted by atomic mass is 19.1. The van der Waals surface area contributed by atoms with Gasteiger partial charge in [0, 0.05) is 69.6 Å². The van der Waals surface area contributed by atoms with Crippen LogP contribution in [0.3, 0.4) is 0 Å². The van der Waals surface area contributed by atoms with E-state index >= 15 is 0 Å². The molecule has 2 fully saturated rings. The van der Waals surface area contributed by atoms with Crippen LogP contribution in [0.25, 0.3) is 17.2 Å². The van der Waals surface area contributed by atoms with E-state index < -0.39 is 0 Å². The number of nitriles is 1. The van der Waals surface area contributed by atoms with Gasteiger partial charge in [-0.3, -0.25) is 9.59 Å². The van der Waals surface area contributed by atoms with E-state index in [2.05, 4.69) is 12.6 Å². The number of likely N-dealkylation sites (tertiary alicyclic amines) is 2. The molecule has 3 aromatic carbocycles. The summed E-state index contributed by atoms with van der Waals surface area (Å²) >= 11 is 0. The van der Waals surface area contributed by atoms with E-state index in [1.807, 2.05) is 36.4 Å². The van der Waals surface area contributed by atoms with E-state index in [1.165, 1.54) is 18.2 Å². The average molecular weight is 580 g/mol. The van der Waals surface area contributed by atoms with E-state index in [0.29, 0.717) is 74.5 Å². The van der Waals surface area contributed by atoms with Crippen molar-refractivity contribution in [1.29, 1.82) is 5.26 Å². The summed E-state index contributed by atoms with van der Waals surface area (Å²) < 4.78 is 25.7. The first kappa shape index (κ1) is 29.6. The fraction of sp³-hybridized carbons (Fsp3) is 0.286. The van der Waals surface area contributed by atoms with Crippen LogP contribution in [0.1, 0.15) is 36.8 Å². The molecule has 2 heterocycles. The molecule has 7 nitrogen and oxygen atoms in total. The molecule has 8 heteroatoms. The molecule has 2 amide bonds. The molecule has 0 spiro atoms. The SMILES string of the molecule is C=CC(=O)N1CCC(Oc2ccc(/C=C/C(=O)N3CCC(Oc4cccc(F)c4)CC3)c(-c3ccccc3)c2C#N)CC1. The van der Waals surface area contributed by atoms with Crippen LogP contribution in [-0.4, -0.2) is 60.0 Å². The molecule has 0 saturated carbocycles. The second-order valence-corrected chi connectivity index (χ2v) is 10.7. The van der Waals surface area contributed by atoms with Gasteiger partial charge in [-0.25, -0.2) is 4.39 Å². The van der Waals surface area contributed by atoms with Crippen molar-refractivity contribution in [1.82, 2.24) is 9.80 Å². The lowest BCUT2D eigenvalue weighted by Crippen LogP contribution is -2.41. The van der Waals surface area contributed by atoms with Gasteiger partial charge in [0.2, 0.25) is 11.8 Å². The van der Waals surface area contributed by atoms with Crippen molar-refractivity contribution in [2.24, 2.45) is 0 Å². The molecule has 0 bridgehead atoms. The van der Waals surface area contributed by atoms with E-state index in [-0.39, 0.29) is 29.8 Å². The molecule has 43 heavy (non-hydrogen) atoms. The Kier molecular flexibility index (Phi) is 9.52. The van der Waals surface area contributed by atoms with Gasteiger partial charge in [-0.05, 0) is 41.5 Å². The zero-order chi connectivity index (χ0) is 30.2. The summed E-state index contributed by atoms with van der Waals surface area (Å²) in [4.78, 5) is 28.6. The van der Waals surface area contributed by atoms with Crippen molar-refractivity contribution in [3.05, 3.63) is 102 Å². The molecule has 220 valence electrons. The lowest BCUT2D eigenvalue weighted by Gasteiger charge is -2.32. The van der Waals surface area contributed by atoms with Crippen LogP contribution in [0.15, 0.2) is 85.5 Å². The van der Waals surface area contributed by atoms with Crippen molar-refractivity contribution >= 4 is 17.9 Å². The van der Waals surface area contributed by atoms with Crippen molar-refractivity contribution in [2.45, 2.75) is 37.9 Å². The molecule has 2 saturated heterocycles. The zero-order valence-corrected chi connectivity index (χ0v) is 24.0. The molecule has 0 aromatic heterocycles. The maximum absolute atomic E-state index is 13.5. The summed E-state index contributed by atoms with van der Waals surface area (Å²) in [5.41, 5.74) is 2.68. The predicted octanol–water partition coefficient (Wildman–Crippen LogP) is 6.00. The lowest BCUT2D eigenvalue weighted by atomic mass is 9.93. The van der Waals surface area contributed by atoms with Crippen LogP contribution in [0.2, 0.25) is 0 Å². The Balaban J connectivity index is 1.29. The number of benzene rings is 3. The van der Waals surface area contributed by atoms with Gasteiger partial charge in [-0.1, -0.05) is 49.0 Å². The Morgan fingerprint density at radius 2 is 1.51 bits per heavy atom. The van der Waals surface area contributed by atoms with Crippen LogP contribution >= 0.6 is 0 Å². The molecule has 0 unspecified atom stereocenters. The topological polar surface area (TPSA) is 82.9 Å². The minimum absolute atomic E-state index is 0.0834. The number of piperidine rings is 2. The molecular weight excluding hydrogens is 545 g/mol. The van der Waals surface area contributed by atoms with Crippen molar-refractivity contribution in [3.8, 4) is 28.7 Å². The summed E-state index contributed by atoms with van der Waals surface area (Å²) in [7, 11) is 0. The van der Waals surface area contributed by atoms with E-state index in [0.717, 1.165) is 11.1 Å². The highest BCUT2D eigenvalue weighted by Crippen LogP contribution is 2.36. The zero-order valence-electron chi connectivity index (χ0n) is 24.0. The van der Waals surface area contributed by atoms with Gasteiger partial charge in [-0.2, -0.15) is 5.26 Å². The third-order valence-electron chi connectivity index (χ3n) is 7.85. The van der Waals surface area contributed by atoms with Gasteiger partial charge in [0.15, 0.2) is 0 Å². The van der Waals surface area contributed by atoms with Gasteiger partial charge < -0.3 is 19.3 Å². The smallest absolute Gasteiger partial charge is 0.246 e. The van der Waals surface area contributed by atoms with Crippen LogP contribution < -0.4 is 9.47 Å². The van der Waals surface area contributed by atoms with Crippen LogP contribution in [0, 0.1) is 17.1 Å². The highest BCUT2D eigenvalue weighted by molar-refractivity contribution is 5.94. The quantitative estimate of drug-likeness (QED) is 0.306. The normalized spacial score (nSPS) is 16.1. The highest BCUT2D eigenvalue weighted by Gasteiger charge is 2.26. The first-order valence-corrected chi connectivity index (χ1v) is 14.5. The third-order valence-corrected chi connectivity index (χ3v) is 7.85. The number of hydrogen-bond acceptors (Lipinski definition) is 5. The largest absolute Gasteiger partial charge is 0.490 e. The maximum atomic E-state index is 13.5. The number of carbonyl (C=O) groups excluding carboxylic acids is 2. The second-order valence-electron chi connectivity index (χ2n) is 10.7. The summed E-state index contributed by atoms with van der Waals surface area (Å²) in [5, 5.41) is 10.3. The Labute approximate surface area is 251 Å².